The quantitative estimate of drug-likeness (QED) is 0.710. The molecule has 4 aliphatic carbocycles. The maximum absolute atomic E-state index is 6.24. The van der Waals surface area contributed by atoms with E-state index in [4.69, 9.17) is 16.6 Å². The Morgan fingerprint density at radius 2 is 1.52 bits per heavy atom. The summed E-state index contributed by atoms with van der Waals surface area (Å²) in [6.07, 6.45) is 8.31. The number of hydrogen-bond acceptors (Lipinski definition) is 2. The summed E-state index contributed by atoms with van der Waals surface area (Å²) in [7, 11) is 0. The fourth-order valence-corrected chi connectivity index (χ4v) is 6.03. The van der Waals surface area contributed by atoms with Gasteiger partial charge < -0.3 is 0 Å². The van der Waals surface area contributed by atoms with Gasteiger partial charge in [-0.25, -0.2) is 9.97 Å². The molecule has 108 valence electrons. The number of rotatable bonds is 1. The third kappa shape index (κ3) is 1.78. The second-order valence-corrected chi connectivity index (χ2v) is 7.89. The molecule has 4 saturated carbocycles. The monoisotopic (exact) mass is 298 g/mol. The number of nitrogens with zero attached hydrogens (tertiary/aromatic N) is 2. The van der Waals surface area contributed by atoms with E-state index in [0.717, 1.165) is 23.3 Å². The Labute approximate surface area is 129 Å². The van der Waals surface area contributed by atoms with Gasteiger partial charge in [-0.3, -0.25) is 0 Å². The zero-order valence-electron chi connectivity index (χ0n) is 12.1. The van der Waals surface area contributed by atoms with Crippen molar-refractivity contribution in [1.82, 2.24) is 9.97 Å². The molecule has 1 heterocycles. The average molecular weight is 299 g/mol. The lowest BCUT2D eigenvalue weighted by atomic mass is 9.48. The summed E-state index contributed by atoms with van der Waals surface area (Å²) in [6, 6.07) is 8.38. The first-order valence-corrected chi connectivity index (χ1v) is 8.52. The van der Waals surface area contributed by atoms with E-state index in [1.807, 2.05) is 6.07 Å². The lowest BCUT2D eigenvalue weighted by molar-refractivity contribution is -0.00647. The van der Waals surface area contributed by atoms with E-state index in [0.29, 0.717) is 5.28 Å². The molecule has 0 amide bonds. The maximum Gasteiger partial charge on any atom is 0.223 e. The predicted molar refractivity (Wildman–Crippen MR) is 84.4 cm³/mol. The maximum atomic E-state index is 6.24. The number of para-hydroxylation sites is 1. The molecule has 0 radical (unpaired) electrons. The van der Waals surface area contributed by atoms with Gasteiger partial charge >= 0.3 is 0 Å². The minimum absolute atomic E-state index is 0.279. The zero-order valence-corrected chi connectivity index (χ0v) is 12.8. The van der Waals surface area contributed by atoms with Gasteiger partial charge in [-0.15, -0.1) is 0 Å². The Balaban J connectivity index is 1.74. The van der Waals surface area contributed by atoms with Crippen molar-refractivity contribution in [2.75, 3.05) is 0 Å². The van der Waals surface area contributed by atoms with Crippen LogP contribution in [0, 0.1) is 17.8 Å². The van der Waals surface area contributed by atoms with Crippen molar-refractivity contribution >= 4 is 22.5 Å². The highest BCUT2D eigenvalue weighted by molar-refractivity contribution is 6.28. The molecule has 1 aromatic heterocycles. The molecule has 4 aliphatic rings. The number of aromatic nitrogens is 2. The molecule has 21 heavy (non-hydrogen) atoms. The van der Waals surface area contributed by atoms with E-state index in [1.165, 1.54) is 49.6 Å². The Morgan fingerprint density at radius 3 is 2.19 bits per heavy atom. The normalized spacial score (nSPS) is 37.3. The molecule has 0 saturated heterocycles. The molecular weight excluding hydrogens is 280 g/mol. The fourth-order valence-electron chi connectivity index (χ4n) is 5.85. The van der Waals surface area contributed by atoms with Crippen LogP contribution in [0.4, 0.5) is 0 Å². The van der Waals surface area contributed by atoms with Gasteiger partial charge in [0, 0.05) is 10.8 Å². The Hall–Kier alpha value is -1.15. The first-order valence-electron chi connectivity index (χ1n) is 8.15. The molecule has 4 bridgehead atoms. The van der Waals surface area contributed by atoms with E-state index in [1.54, 1.807) is 0 Å². The van der Waals surface area contributed by atoms with Crippen LogP contribution in [0.2, 0.25) is 5.28 Å². The summed E-state index contributed by atoms with van der Waals surface area (Å²) >= 11 is 6.24. The molecule has 2 aromatic rings. The van der Waals surface area contributed by atoms with Gasteiger partial charge in [0.2, 0.25) is 5.28 Å². The topological polar surface area (TPSA) is 25.8 Å². The number of halogens is 1. The summed E-state index contributed by atoms with van der Waals surface area (Å²) in [5.41, 5.74) is 2.53. The van der Waals surface area contributed by atoms with Crippen LogP contribution >= 0.6 is 11.6 Å². The minimum atomic E-state index is 0.279. The predicted octanol–water partition coefficient (Wildman–Crippen LogP) is 4.75. The summed E-state index contributed by atoms with van der Waals surface area (Å²) in [6.45, 7) is 0. The fraction of sp³-hybridized carbons (Fsp3) is 0.556. The van der Waals surface area contributed by atoms with Crippen LogP contribution in [0.1, 0.15) is 44.2 Å². The lowest BCUT2D eigenvalue weighted by Gasteiger charge is -2.56. The minimum Gasteiger partial charge on any atom is -0.222 e. The standard InChI is InChI=1S/C18H19ClN2/c19-17-20-15-4-2-1-3-14(15)16(21-17)18-8-11-5-12(9-18)7-13(6-11)10-18/h1-4,11-13H,5-10H2. The summed E-state index contributed by atoms with van der Waals surface area (Å²) in [5.74, 6) is 2.76. The third-order valence-corrected chi connectivity index (χ3v) is 6.29. The van der Waals surface area contributed by atoms with Crippen molar-refractivity contribution in [2.45, 2.75) is 43.9 Å². The van der Waals surface area contributed by atoms with Crippen LogP contribution in [0.3, 0.4) is 0 Å². The van der Waals surface area contributed by atoms with Crippen molar-refractivity contribution in [3.63, 3.8) is 0 Å². The van der Waals surface area contributed by atoms with Crippen molar-refractivity contribution in [2.24, 2.45) is 17.8 Å². The molecule has 0 atom stereocenters. The third-order valence-electron chi connectivity index (χ3n) is 6.12. The molecule has 2 nitrogen and oxygen atoms in total. The molecule has 3 heteroatoms. The Morgan fingerprint density at radius 1 is 0.905 bits per heavy atom. The zero-order chi connectivity index (χ0) is 14.0. The number of fused-ring (bicyclic) bond motifs is 1. The summed E-state index contributed by atoms with van der Waals surface area (Å²) in [4.78, 5) is 9.16. The molecule has 0 aliphatic heterocycles. The van der Waals surface area contributed by atoms with Gasteiger partial charge in [0.15, 0.2) is 0 Å². The molecule has 0 spiro atoms. The number of hydrogen-bond donors (Lipinski definition) is 0. The van der Waals surface area contributed by atoms with Crippen LogP contribution in [0.5, 0.6) is 0 Å². The summed E-state index contributed by atoms with van der Waals surface area (Å²) in [5, 5.41) is 1.64. The first-order chi connectivity index (χ1) is 10.2. The van der Waals surface area contributed by atoms with E-state index in [9.17, 15) is 0 Å². The van der Waals surface area contributed by atoms with E-state index >= 15 is 0 Å². The molecule has 4 fully saturated rings. The van der Waals surface area contributed by atoms with Crippen LogP contribution in [0.15, 0.2) is 24.3 Å². The van der Waals surface area contributed by atoms with Gasteiger partial charge in [-0.1, -0.05) is 18.2 Å². The van der Waals surface area contributed by atoms with Crippen LogP contribution in [-0.2, 0) is 5.41 Å². The average Bonchev–Trinajstić information content (AvgIpc) is 2.45. The lowest BCUT2D eigenvalue weighted by Crippen LogP contribution is -2.49. The van der Waals surface area contributed by atoms with Crippen molar-refractivity contribution in [1.29, 1.82) is 0 Å². The van der Waals surface area contributed by atoms with Crippen LogP contribution in [-0.4, -0.2) is 9.97 Å². The van der Waals surface area contributed by atoms with Crippen LogP contribution < -0.4 is 0 Å². The van der Waals surface area contributed by atoms with Crippen molar-refractivity contribution in [3.8, 4) is 0 Å². The van der Waals surface area contributed by atoms with Gasteiger partial charge in [0.05, 0.1) is 11.2 Å². The largest absolute Gasteiger partial charge is 0.223 e. The first kappa shape index (κ1) is 12.4. The molecular formula is C18H19ClN2. The van der Waals surface area contributed by atoms with Crippen LogP contribution in [0.25, 0.3) is 10.9 Å². The van der Waals surface area contributed by atoms with Gasteiger partial charge in [-0.05, 0) is 73.9 Å². The SMILES string of the molecule is Clc1nc(C23CC4CC(CC(C4)C2)C3)c2ccccc2n1. The van der Waals surface area contributed by atoms with Gasteiger partial charge in [0.1, 0.15) is 0 Å². The molecule has 0 N–H and O–H groups in total. The number of benzene rings is 1. The second kappa shape index (κ2) is 4.19. The highest BCUT2D eigenvalue weighted by atomic mass is 35.5. The smallest absolute Gasteiger partial charge is 0.222 e. The second-order valence-electron chi connectivity index (χ2n) is 7.56. The Bertz CT molecular complexity index is 689. The Kier molecular flexibility index (Phi) is 2.48. The molecule has 0 unspecified atom stereocenters. The van der Waals surface area contributed by atoms with Gasteiger partial charge in [0.25, 0.3) is 0 Å². The highest BCUT2D eigenvalue weighted by Crippen LogP contribution is 2.61. The van der Waals surface area contributed by atoms with Gasteiger partial charge in [-0.2, -0.15) is 0 Å². The summed E-state index contributed by atoms with van der Waals surface area (Å²) < 4.78 is 0. The highest BCUT2D eigenvalue weighted by Gasteiger charge is 2.52. The van der Waals surface area contributed by atoms with Crippen molar-refractivity contribution in [3.05, 3.63) is 35.2 Å². The van der Waals surface area contributed by atoms with E-state index in [2.05, 4.69) is 23.2 Å². The van der Waals surface area contributed by atoms with E-state index in [-0.39, 0.29) is 5.41 Å². The molecule has 1 aromatic carbocycles. The van der Waals surface area contributed by atoms with Crippen molar-refractivity contribution < 1.29 is 0 Å². The molecule has 6 rings (SSSR count). The van der Waals surface area contributed by atoms with E-state index < -0.39 is 0 Å².